The maximum absolute atomic E-state index is 12.2. The summed E-state index contributed by atoms with van der Waals surface area (Å²) in [7, 11) is 0. The zero-order chi connectivity index (χ0) is 16.2. The van der Waals surface area contributed by atoms with Crippen LogP contribution in [0.25, 0.3) is 0 Å². The molecule has 2 N–H and O–H groups in total. The molecule has 1 aromatic carbocycles. The summed E-state index contributed by atoms with van der Waals surface area (Å²) in [5.41, 5.74) is 0.108. The van der Waals surface area contributed by atoms with Crippen LogP contribution in [0.4, 0.5) is 4.79 Å². The lowest BCUT2D eigenvalue weighted by atomic mass is 10.1. The lowest BCUT2D eigenvalue weighted by molar-refractivity contribution is 0.0495. The minimum atomic E-state index is -0.522. The Morgan fingerprint density at radius 3 is 2.23 bits per heavy atom. The van der Waals surface area contributed by atoms with Gasteiger partial charge in [-0.25, -0.2) is 4.79 Å². The van der Waals surface area contributed by atoms with Crippen LogP contribution in [-0.4, -0.2) is 29.7 Å². The molecule has 5 nitrogen and oxygen atoms in total. The van der Waals surface area contributed by atoms with Gasteiger partial charge in [0, 0.05) is 11.6 Å². The quantitative estimate of drug-likeness (QED) is 0.902. The summed E-state index contributed by atoms with van der Waals surface area (Å²) in [5.74, 6) is -0.108. The van der Waals surface area contributed by atoms with E-state index in [9.17, 15) is 9.59 Å². The number of carbonyl (C=O) groups excluding carboxylic acids is 2. The Balaban J connectivity index is 1.91. The fourth-order valence-corrected chi connectivity index (χ4v) is 2.61. The summed E-state index contributed by atoms with van der Waals surface area (Å²) in [6.07, 6.45) is 2.25. The number of carbonyl (C=O) groups is 2. The normalized spacial score (nSPS) is 21.2. The summed E-state index contributed by atoms with van der Waals surface area (Å²) < 4.78 is 5.27. The van der Waals surface area contributed by atoms with E-state index in [-0.39, 0.29) is 18.0 Å². The van der Waals surface area contributed by atoms with E-state index in [4.69, 9.17) is 4.74 Å². The minimum absolute atomic E-state index is 0.0553. The van der Waals surface area contributed by atoms with E-state index < -0.39 is 11.7 Å². The fourth-order valence-electron chi connectivity index (χ4n) is 2.61. The van der Waals surface area contributed by atoms with Gasteiger partial charge in [-0.15, -0.1) is 0 Å². The summed E-state index contributed by atoms with van der Waals surface area (Å²) in [5, 5.41) is 5.87. The Bertz CT molecular complexity index is 522. The van der Waals surface area contributed by atoms with Crippen molar-refractivity contribution in [3.8, 4) is 0 Å². The molecule has 0 aliphatic heterocycles. The third-order valence-electron chi connectivity index (χ3n) is 3.57. The van der Waals surface area contributed by atoms with Crippen molar-refractivity contribution in [2.24, 2.45) is 0 Å². The van der Waals surface area contributed by atoms with Crippen LogP contribution in [0.1, 0.15) is 50.4 Å². The van der Waals surface area contributed by atoms with Crippen molar-refractivity contribution in [3.05, 3.63) is 35.9 Å². The van der Waals surface area contributed by atoms with Gasteiger partial charge in [0.2, 0.25) is 0 Å². The molecular weight excluding hydrogens is 280 g/mol. The van der Waals surface area contributed by atoms with E-state index in [1.165, 1.54) is 0 Å². The van der Waals surface area contributed by atoms with Crippen molar-refractivity contribution in [3.63, 3.8) is 0 Å². The number of rotatable bonds is 3. The molecule has 1 aromatic rings. The lowest BCUT2D eigenvalue weighted by Crippen LogP contribution is -2.49. The van der Waals surface area contributed by atoms with Crippen LogP contribution < -0.4 is 10.6 Å². The highest BCUT2D eigenvalue weighted by Crippen LogP contribution is 2.20. The fraction of sp³-hybridized carbons (Fsp3) is 0.529. The smallest absolute Gasteiger partial charge is 0.407 e. The van der Waals surface area contributed by atoms with Crippen molar-refractivity contribution < 1.29 is 14.3 Å². The van der Waals surface area contributed by atoms with E-state index in [2.05, 4.69) is 10.6 Å². The molecule has 0 aromatic heterocycles. The number of hydrogen-bond donors (Lipinski definition) is 2. The van der Waals surface area contributed by atoms with Gasteiger partial charge in [0.15, 0.2) is 0 Å². The first kappa shape index (κ1) is 16.3. The minimum Gasteiger partial charge on any atom is -0.444 e. The molecule has 0 bridgehead atoms. The molecule has 1 fully saturated rings. The number of alkyl carbamates (subject to hydrolysis) is 1. The molecule has 0 radical (unpaired) electrons. The molecule has 120 valence electrons. The average molecular weight is 304 g/mol. The van der Waals surface area contributed by atoms with E-state index in [1.54, 1.807) is 12.1 Å². The van der Waals surface area contributed by atoms with Crippen molar-refractivity contribution in [2.45, 2.75) is 57.7 Å². The number of amides is 2. The highest BCUT2D eigenvalue weighted by atomic mass is 16.6. The third-order valence-corrected chi connectivity index (χ3v) is 3.57. The highest BCUT2D eigenvalue weighted by molar-refractivity contribution is 5.94. The second kappa shape index (κ2) is 6.81. The van der Waals surface area contributed by atoms with E-state index in [0.29, 0.717) is 5.56 Å². The first-order valence-electron chi connectivity index (χ1n) is 7.70. The van der Waals surface area contributed by atoms with Crippen molar-refractivity contribution in [1.82, 2.24) is 10.6 Å². The van der Waals surface area contributed by atoms with Gasteiger partial charge >= 0.3 is 6.09 Å². The SMILES string of the molecule is CC(C)(C)OC(=O)N[C@H]1CCC[C@@H]1NC(=O)c1ccccc1. The second-order valence-electron chi connectivity index (χ2n) is 6.63. The van der Waals surface area contributed by atoms with Gasteiger partial charge in [0.05, 0.1) is 6.04 Å². The molecule has 1 aliphatic carbocycles. The molecular formula is C17H24N2O3. The van der Waals surface area contributed by atoms with E-state index in [0.717, 1.165) is 19.3 Å². The summed E-state index contributed by atoms with van der Waals surface area (Å²) in [6, 6.07) is 8.96. The lowest BCUT2D eigenvalue weighted by Gasteiger charge is -2.25. The molecule has 2 atom stereocenters. The maximum atomic E-state index is 12.2. The average Bonchev–Trinajstić information content (AvgIpc) is 2.84. The predicted octanol–water partition coefficient (Wildman–Crippen LogP) is 2.86. The second-order valence-corrected chi connectivity index (χ2v) is 6.63. The molecule has 0 heterocycles. The van der Waals surface area contributed by atoms with E-state index in [1.807, 2.05) is 39.0 Å². The zero-order valence-corrected chi connectivity index (χ0v) is 13.4. The number of hydrogen-bond acceptors (Lipinski definition) is 3. The van der Waals surface area contributed by atoms with Gasteiger partial charge in [-0.3, -0.25) is 4.79 Å². The molecule has 2 amide bonds. The van der Waals surface area contributed by atoms with Crippen LogP contribution in [0.2, 0.25) is 0 Å². The molecule has 0 unspecified atom stereocenters. The number of ether oxygens (including phenoxy) is 1. The Hall–Kier alpha value is -2.04. The Morgan fingerprint density at radius 1 is 1.05 bits per heavy atom. The first-order chi connectivity index (χ1) is 10.3. The standard InChI is InChI=1S/C17H24N2O3/c1-17(2,3)22-16(21)19-14-11-7-10-13(14)18-15(20)12-8-5-4-6-9-12/h4-6,8-9,13-14H,7,10-11H2,1-3H3,(H,18,20)(H,19,21)/t13-,14-/m0/s1. The van der Waals surface area contributed by atoms with E-state index >= 15 is 0 Å². The molecule has 1 saturated carbocycles. The Morgan fingerprint density at radius 2 is 1.64 bits per heavy atom. The van der Waals surface area contributed by atoms with Gasteiger partial charge in [0.1, 0.15) is 5.60 Å². The largest absolute Gasteiger partial charge is 0.444 e. The topological polar surface area (TPSA) is 67.4 Å². The highest BCUT2D eigenvalue weighted by Gasteiger charge is 2.31. The molecule has 2 rings (SSSR count). The zero-order valence-electron chi connectivity index (χ0n) is 13.4. The van der Waals surface area contributed by atoms with Gasteiger partial charge in [-0.1, -0.05) is 18.2 Å². The third kappa shape index (κ3) is 4.76. The van der Waals surface area contributed by atoms with Crippen LogP contribution in [0.5, 0.6) is 0 Å². The Kier molecular flexibility index (Phi) is 5.06. The molecule has 1 aliphatic rings. The maximum Gasteiger partial charge on any atom is 0.407 e. The Labute approximate surface area is 131 Å². The van der Waals surface area contributed by atoms with Gasteiger partial charge < -0.3 is 15.4 Å². The monoisotopic (exact) mass is 304 g/mol. The van der Waals surface area contributed by atoms with Crippen LogP contribution in [0, 0.1) is 0 Å². The van der Waals surface area contributed by atoms with Crippen LogP contribution >= 0.6 is 0 Å². The molecule has 22 heavy (non-hydrogen) atoms. The predicted molar refractivity (Wildman–Crippen MR) is 84.7 cm³/mol. The molecule has 0 saturated heterocycles. The summed E-state index contributed by atoms with van der Waals surface area (Å²) in [4.78, 5) is 24.1. The van der Waals surface area contributed by atoms with Crippen molar-refractivity contribution in [1.29, 1.82) is 0 Å². The molecule has 5 heteroatoms. The molecule has 0 spiro atoms. The number of benzene rings is 1. The van der Waals surface area contributed by atoms with Crippen LogP contribution in [-0.2, 0) is 4.74 Å². The van der Waals surface area contributed by atoms with Gasteiger partial charge in [-0.2, -0.15) is 0 Å². The summed E-state index contributed by atoms with van der Waals surface area (Å²) >= 11 is 0. The first-order valence-corrected chi connectivity index (χ1v) is 7.70. The van der Waals surface area contributed by atoms with Crippen LogP contribution in [0.15, 0.2) is 30.3 Å². The van der Waals surface area contributed by atoms with Gasteiger partial charge in [-0.05, 0) is 52.2 Å². The van der Waals surface area contributed by atoms with Crippen molar-refractivity contribution in [2.75, 3.05) is 0 Å². The summed E-state index contributed by atoms with van der Waals surface area (Å²) in [6.45, 7) is 5.49. The van der Waals surface area contributed by atoms with Crippen molar-refractivity contribution >= 4 is 12.0 Å². The van der Waals surface area contributed by atoms with Crippen LogP contribution in [0.3, 0.4) is 0 Å². The van der Waals surface area contributed by atoms with Gasteiger partial charge in [0.25, 0.3) is 5.91 Å². The number of nitrogens with one attached hydrogen (secondary N) is 2.